The number of hydrogen-bond acceptors (Lipinski definition) is 2. The molecule has 1 N–H and O–H groups in total. The summed E-state index contributed by atoms with van der Waals surface area (Å²) in [5, 5.41) is 2.82. The van der Waals surface area contributed by atoms with Gasteiger partial charge in [-0.15, -0.1) is 0 Å². The number of nitrogens with one attached hydrogen (secondary N) is 1. The van der Waals surface area contributed by atoms with E-state index in [0.717, 1.165) is 16.2 Å². The van der Waals surface area contributed by atoms with Gasteiger partial charge in [-0.25, -0.2) is 9.37 Å². The third kappa shape index (κ3) is 3.30. The van der Waals surface area contributed by atoms with Crippen LogP contribution in [-0.2, 0) is 0 Å². The minimum atomic E-state index is -0.629. The standard InChI is InChI=1S/C13H9BrClFN2O/c1-7-10(14)3-5-12(17-7)18-13(19)9-6-8(15)2-4-11(9)16/h2-6H,1H3,(H,17,18,19). The first-order chi connectivity index (χ1) is 8.97. The highest BCUT2D eigenvalue weighted by atomic mass is 79.9. The fraction of sp³-hybridized carbons (Fsp3) is 0.0769. The Labute approximate surface area is 122 Å². The highest BCUT2D eigenvalue weighted by Gasteiger charge is 2.13. The molecule has 2 aromatic rings. The maximum Gasteiger partial charge on any atom is 0.259 e. The van der Waals surface area contributed by atoms with Gasteiger partial charge in [0, 0.05) is 9.50 Å². The van der Waals surface area contributed by atoms with Gasteiger partial charge in [0.25, 0.3) is 5.91 Å². The number of hydrogen-bond donors (Lipinski definition) is 1. The number of pyridine rings is 1. The van der Waals surface area contributed by atoms with Crippen molar-refractivity contribution in [1.29, 1.82) is 0 Å². The molecule has 0 saturated carbocycles. The lowest BCUT2D eigenvalue weighted by Crippen LogP contribution is -2.15. The van der Waals surface area contributed by atoms with Crippen LogP contribution in [-0.4, -0.2) is 10.9 Å². The molecule has 6 heteroatoms. The predicted molar refractivity (Wildman–Crippen MR) is 76.0 cm³/mol. The molecule has 1 aromatic carbocycles. The zero-order valence-corrected chi connectivity index (χ0v) is 12.2. The summed E-state index contributed by atoms with van der Waals surface area (Å²) in [5.74, 6) is -0.866. The molecule has 0 fully saturated rings. The smallest absolute Gasteiger partial charge is 0.259 e. The van der Waals surface area contributed by atoms with E-state index < -0.39 is 11.7 Å². The van der Waals surface area contributed by atoms with Crippen molar-refractivity contribution in [2.75, 3.05) is 5.32 Å². The van der Waals surface area contributed by atoms with Crippen molar-refractivity contribution in [3.63, 3.8) is 0 Å². The fourth-order valence-corrected chi connectivity index (χ4v) is 1.86. The topological polar surface area (TPSA) is 42.0 Å². The Morgan fingerprint density at radius 1 is 1.37 bits per heavy atom. The third-order valence-corrected chi connectivity index (χ3v) is 3.51. The second kappa shape index (κ2) is 5.67. The number of aryl methyl sites for hydroxylation is 1. The molecule has 0 bridgehead atoms. The van der Waals surface area contributed by atoms with E-state index in [-0.39, 0.29) is 5.56 Å². The molecule has 19 heavy (non-hydrogen) atoms. The maximum absolute atomic E-state index is 13.5. The van der Waals surface area contributed by atoms with Crippen LogP contribution < -0.4 is 5.32 Å². The van der Waals surface area contributed by atoms with E-state index in [9.17, 15) is 9.18 Å². The summed E-state index contributed by atoms with van der Waals surface area (Å²) in [7, 11) is 0. The van der Waals surface area contributed by atoms with Gasteiger partial charge in [-0.1, -0.05) is 11.6 Å². The van der Waals surface area contributed by atoms with E-state index in [0.29, 0.717) is 10.8 Å². The number of carbonyl (C=O) groups is 1. The Morgan fingerprint density at radius 2 is 2.11 bits per heavy atom. The van der Waals surface area contributed by atoms with Crippen LogP contribution in [0.15, 0.2) is 34.8 Å². The molecule has 98 valence electrons. The first kappa shape index (κ1) is 14.0. The number of benzene rings is 1. The van der Waals surface area contributed by atoms with Crippen LogP contribution in [0.1, 0.15) is 16.1 Å². The van der Waals surface area contributed by atoms with Crippen molar-refractivity contribution in [3.05, 3.63) is 56.9 Å². The number of aromatic nitrogens is 1. The predicted octanol–water partition coefficient (Wildman–Crippen LogP) is 4.20. The lowest BCUT2D eigenvalue weighted by Gasteiger charge is -2.07. The van der Waals surface area contributed by atoms with Crippen LogP contribution in [0, 0.1) is 12.7 Å². The van der Waals surface area contributed by atoms with Gasteiger partial charge < -0.3 is 5.32 Å². The lowest BCUT2D eigenvalue weighted by molar-refractivity contribution is 0.102. The molecule has 0 atom stereocenters. The molecule has 2 rings (SSSR count). The normalized spacial score (nSPS) is 10.3. The van der Waals surface area contributed by atoms with Gasteiger partial charge in [-0.3, -0.25) is 4.79 Å². The van der Waals surface area contributed by atoms with E-state index in [1.165, 1.54) is 12.1 Å². The average molecular weight is 344 g/mol. The van der Waals surface area contributed by atoms with Gasteiger partial charge in [0.05, 0.1) is 11.3 Å². The number of nitrogens with zero attached hydrogens (tertiary/aromatic N) is 1. The van der Waals surface area contributed by atoms with E-state index in [1.54, 1.807) is 19.1 Å². The molecule has 0 unspecified atom stereocenters. The monoisotopic (exact) mass is 342 g/mol. The molecule has 0 spiro atoms. The zero-order valence-electron chi connectivity index (χ0n) is 9.88. The molecule has 0 aliphatic heterocycles. The summed E-state index contributed by atoms with van der Waals surface area (Å²) in [6.07, 6.45) is 0. The number of halogens is 3. The van der Waals surface area contributed by atoms with Crippen molar-refractivity contribution in [3.8, 4) is 0 Å². The summed E-state index contributed by atoms with van der Waals surface area (Å²) < 4.78 is 14.4. The van der Waals surface area contributed by atoms with Crippen LogP contribution in [0.4, 0.5) is 10.2 Å². The summed E-state index contributed by atoms with van der Waals surface area (Å²) in [6, 6.07) is 7.19. The Kier molecular flexibility index (Phi) is 4.17. The van der Waals surface area contributed by atoms with Gasteiger partial charge in [0.2, 0.25) is 0 Å². The molecular formula is C13H9BrClFN2O. The Balaban J connectivity index is 2.25. The van der Waals surface area contributed by atoms with Crippen LogP contribution >= 0.6 is 27.5 Å². The minimum Gasteiger partial charge on any atom is -0.306 e. The first-order valence-electron chi connectivity index (χ1n) is 5.37. The second-order valence-corrected chi connectivity index (χ2v) is 5.13. The summed E-state index contributed by atoms with van der Waals surface area (Å²) >= 11 is 9.05. The van der Waals surface area contributed by atoms with E-state index >= 15 is 0 Å². The molecule has 0 aliphatic carbocycles. The van der Waals surface area contributed by atoms with Gasteiger partial charge in [-0.05, 0) is 53.2 Å². The Morgan fingerprint density at radius 3 is 2.79 bits per heavy atom. The fourth-order valence-electron chi connectivity index (χ4n) is 1.47. The van der Waals surface area contributed by atoms with Gasteiger partial charge in [0.15, 0.2) is 0 Å². The molecule has 0 radical (unpaired) electrons. The van der Waals surface area contributed by atoms with Crippen molar-refractivity contribution in [2.24, 2.45) is 0 Å². The summed E-state index contributed by atoms with van der Waals surface area (Å²) in [5.41, 5.74) is 0.610. The van der Waals surface area contributed by atoms with Crippen molar-refractivity contribution in [1.82, 2.24) is 4.98 Å². The second-order valence-electron chi connectivity index (χ2n) is 3.84. The summed E-state index contributed by atoms with van der Waals surface area (Å²) in [6.45, 7) is 1.79. The van der Waals surface area contributed by atoms with E-state index in [2.05, 4.69) is 26.2 Å². The van der Waals surface area contributed by atoms with E-state index in [1.807, 2.05) is 0 Å². The number of amides is 1. The van der Waals surface area contributed by atoms with Gasteiger partial charge >= 0.3 is 0 Å². The maximum atomic E-state index is 13.5. The van der Waals surface area contributed by atoms with Crippen molar-refractivity contribution >= 4 is 39.3 Å². The largest absolute Gasteiger partial charge is 0.306 e. The third-order valence-electron chi connectivity index (χ3n) is 2.44. The van der Waals surface area contributed by atoms with Crippen molar-refractivity contribution < 1.29 is 9.18 Å². The molecule has 3 nitrogen and oxygen atoms in total. The highest BCUT2D eigenvalue weighted by Crippen LogP contribution is 2.19. The first-order valence-corrected chi connectivity index (χ1v) is 6.54. The van der Waals surface area contributed by atoms with Gasteiger partial charge in [0.1, 0.15) is 11.6 Å². The van der Waals surface area contributed by atoms with E-state index in [4.69, 9.17) is 11.6 Å². The average Bonchev–Trinajstić information content (AvgIpc) is 2.36. The van der Waals surface area contributed by atoms with Crippen LogP contribution in [0.5, 0.6) is 0 Å². The van der Waals surface area contributed by atoms with Gasteiger partial charge in [-0.2, -0.15) is 0 Å². The molecule has 0 saturated heterocycles. The molecular weight excluding hydrogens is 335 g/mol. The highest BCUT2D eigenvalue weighted by molar-refractivity contribution is 9.10. The SMILES string of the molecule is Cc1nc(NC(=O)c2cc(Cl)ccc2F)ccc1Br. The number of rotatable bonds is 2. The Hall–Kier alpha value is -1.46. The molecule has 1 heterocycles. The number of anilines is 1. The number of carbonyl (C=O) groups excluding carboxylic acids is 1. The van der Waals surface area contributed by atoms with Crippen LogP contribution in [0.3, 0.4) is 0 Å². The van der Waals surface area contributed by atoms with Crippen LogP contribution in [0.25, 0.3) is 0 Å². The minimum absolute atomic E-state index is 0.116. The zero-order chi connectivity index (χ0) is 14.0. The summed E-state index contributed by atoms with van der Waals surface area (Å²) in [4.78, 5) is 16.1. The quantitative estimate of drug-likeness (QED) is 0.888. The molecule has 1 aromatic heterocycles. The molecule has 1 amide bonds. The molecule has 0 aliphatic rings. The van der Waals surface area contributed by atoms with Crippen molar-refractivity contribution in [2.45, 2.75) is 6.92 Å². The Bertz CT molecular complexity index is 649. The van der Waals surface area contributed by atoms with Crippen LogP contribution in [0.2, 0.25) is 5.02 Å². The lowest BCUT2D eigenvalue weighted by atomic mass is 10.2.